The van der Waals surface area contributed by atoms with Gasteiger partial charge in [0.05, 0.1) is 22.4 Å². The molecule has 192 valence electrons. The third-order valence-electron chi connectivity index (χ3n) is 5.55. The molecule has 0 aliphatic carbocycles. The molecule has 0 saturated carbocycles. The summed E-state index contributed by atoms with van der Waals surface area (Å²) in [6.45, 7) is 5.02. The van der Waals surface area contributed by atoms with Crippen molar-refractivity contribution in [2.24, 2.45) is 0 Å². The van der Waals surface area contributed by atoms with Crippen molar-refractivity contribution in [1.29, 1.82) is 5.41 Å². The number of anilines is 3. The lowest BCUT2D eigenvalue weighted by molar-refractivity contribution is -0.138. The minimum Gasteiger partial charge on any atom is -0.460 e. The van der Waals surface area contributed by atoms with Gasteiger partial charge in [0, 0.05) is 22.7 Å². The van der Waals surface area contributed by atoms with Gasteiger partial charge in [0.2, 0.25) is 0 Å². The van der Waals surface area contributed by atoms with Crippen molar-refractivity contribution in [3.63, 3.8) is 0 Å². The molecule has 12 heteroatoms. The molecule has 0 unspecified atom stereocenters. The van der Waals surface area contributed by atoms with Crippen LogP contribution in [0, 0.1) is 18.2 Å². The zero-order chi connectivity index (χ0) is 27.1. The smallest absolute Gasteiger partial charge is 0.416 e. The van der Waals surface area contributed by atoms with Crippen molar-refractivity contribution in [3.8, 4) is 0 Å². The van der Waals surface area contributed by atoms with Gasteiger partial charge >= 0.3 is 6.18 Å². The van der Waals surface area contributed by atoms with Crippen molar-refractivity contribution >= 4 is 39.9 Å². The average Bonchev–Trinajstić information content (AvgIpc) is 3.24. The van der Waals surface area contributed by atoms with Gasteiger partial charge in [0.1, 0.15) is 24.2 Å². The van der Waals surface area contributed by atoms with Gasteiger partial charge in [-0.2, -0.15) is 13.2 Å². The summed E-state index contributed by atoms with van der Waals surface area (Å²) in [4.78, 5) is 20.8. The molecule has 0 aliphatic heterocycles. The van der Waals surface area contributed by atoms with Crippen LogP contribution in [0.3, 0.4) is 0 Å². The highest BCUT2D eigenvalue weighted by atomic mass is 19.4. The quantitative estimate of drug-likeness (QED) is 0.191. The summed E-state index contributed by atoms with van der Waals surface area (Å²) < 4.78 is 60.4. The number of amides is 1. The minimum absolute atomic E-state index is 0.00696. The number of nitrogens with one attached hydrogen (secondary N) is 3. The van der Waals surface area contributed by atoms with Crippen LogP contribution in [0.2, 0.25) is 0 Å². The predicted octanol–water partition coefficient (Wildman–Crippen LogP) is 5.76. The lowest BCUT2D eigenvalue weighted by Gasteiger charge is -2.16. The van der Waals surface area contributed by atoms with E-state index in [1.54, 1.807) is 0 Å². The fourth-order valence-corrected chi connectivity index (χ4v) is 3.80. The molecule has 0 spiro atoms. The molecular weight excluding hydrogens is 492 g/mol. The van der Waals surface area contributed by atoms with Crippen molar-refractivity contribution < 1.29 is 26.8 Å². The maximum atomic E-state index is 15.5. The molecule has 8 nitrogen and oxygen atoms in total. The van der Waals surface area contributed by atoms with Gasteiger partial charge in [-0.3, -0.25) is 10.2 Å². The van der Waals surface area contributed by atoms with Crippen LogP contribution in [0.4, 0.5) is 34.9 Å². The van der Waals surface area contributed by atoms with Crippen LogP contribution in [0.5, 0.6) is 0 Å². The largest absolute Gasteiger partial charge is 0.460 e. The number of aryl methyl sites for hydroxylation is 1. The zero-order valence-corrected chi connectivity index (χ0v) is 19.9. The molecule has 5 N–H and O–H groups in total. The number of nitrogens with zero attached hydrogens (tertiary/aromatic N) is 2. The zero-order valence-electron chi connectivity index (χ0n) is 19.9. The number of aromatic nitrogens is 2. The number of benzene rings is 2. The number of carbonyl (C=O) groups excluding carboxylic acids is 1. The predicted molar refractivity (Wildman–Crippen MR) is 131 cm³/mol. The first-order chi connectivity index (χ1) is 17.4. The molecular formula is C25H22F4N6O2. The number of hydrogen-bond acceptors (Lipinski definition) is 7. The average molecular weight is 514 g/mol. The summed E-state index contributed by atoms with van der Waals surface area (Å²) in [5.41, 5.74) is 4.23. The van der Waals surface area contributed by atoms with E-state index in [1.165, 1.54) is 37.5 Å². The maximum Gasteiger partial charge on any atom is 0.416 e. The van der Waals surface area contributed by atoms with E-state index >= 15 is 4.39 Å². The van der Waals surface area contributed by atoms with Crippen LogP contribution < -0.4 is 16.4 Å². The van der Waals surface area contributed by atoms with Crippen molar-refractivity contribution in [2.45, 2.75) is 33.0 Å². The van der Waals surface area contributed by atoms with Crippen LogP contribution >= 0.6 is 0 Å². The van der Waals surface area contributed by atoms with E-state index in [0.717, 1.165) is 12.3 Å². The van der Waals surface area contributed by atoms with Crippen LogP contribution in [0.25, 0.3) is 11.0 Å². The second-order valence-electron chi connectivity index (χ2n) is 8.59. The molecule has 4 rings (SSSR count). The van der Waals surface area contributed by atoms with Crippen molar-refractivity contribution in [1.82, 2.24) is 9.97 Å². The molecule has 2 aromatic carbocycles. The molecule has 37 heavy (non-hydrogen) atoms. The highest BCUT2D eigenvalue weighted by Crippen LogP contribution is 2.34. The fraction of sp³-hybridized carbons (Fsp3) is 0.200. The number of carbonyl (C=O) groups is 1. The van der Waals surface area contributed by atoms with Crippen LogP contribution in [-0.2, 0) is 6.18 Å². The van der Waals surface area contributed by atoms with Crippen molar-refractivity contribution in [3.05, 3.63) is 76.6 Å². The Kier molecular flexibility index (Phi) is 6.59. The third-order valence-corrected chi connectivity index (χ3v) is 5.55. The van der Waals surface area contributed by atoms with Gasteiger partial charge in [0.15, 0.2) is 11.4 Å². The molecule has 0 radical (unpaired) electrons. The summed E-state index contributed by atoms with van der Waals surface area (Å²) in [6.07, 6.45) is -2.37. The number of rotatable bonds is 6. The molecule has 0 bridgehead atoms. The molecule has 0 aliphatic rings. The van der Waals surface area contributed by atoms with E-state index in [2.05, 4.69) is 20.6 Å². The van der Waals surface area contributed by atoms with E-state index < -0.39 is 23.5 Å². The van der Waals surface area contributed by atoms with E-state index in [9.17, 15) is 18.0 Å². The van der Waals surface area contributed by atoms with E-state index in [0.29, 0.717) is 0 Å². The highest BCUT2D eigenvalue weighted by molar-refractivity contribution is 6.18. The van der Waals surface area contributed by atoms with Crippen LogP contribution in [-0.4, -0.2) is 27.6 Å². The molecule has 0 saturated heterocycles. The van der Waals surface area contributed by atoms with Crippen LogP contribution in [0.15, 0.2) is 47.3 Å². The standard InChI is InChI=1S/C25H22F4N6O2/c1-11(2)34-23-18(22(31)32-10-33-23)20(30)15-7-6-14-16(9-37-21(14)19(15)26)24(36)35-13-5-4-12(3)17(8-13)25(27,28)29/h4-11,30H,1-3H3,(H,35,36)(H3,31,32,33,34). The molecule has 2 aromatic heterocycles. The first-order valence-electron chi connectivity index (χ1n) is 11.0. The number of nitrogen functional groups attached to an aromatic ring is 1. The van der Waals surface area contributed by atoms with Gasteiger partial charge in [-0.15, -0.1) is 0 Å². The lowest BCUT2D eigenvalue weighted by Crippen LogP contribution is -2.18. The van der Waals surface area contributed by atoms with E-state index in [4.69, 9.17) is 15.6 Å². The Morgan fingerprint density at radius 2 is 1.86 bits per heavy atom. The molecule has 4 aromatic rings. The van der Waals surface area contributed by atoms with E-state index in [1.807, 2.05) is 13.8 Å². The Morgan fingerprint density at radius 1 is 1.14 bits per heavy atom. The number of alkyl halides is 3. The summed E-state index contributed by atoms with van der Waals surface area (Å²) in [6, 6.07) is 6.01. The molecule has 1 amide bonds. The summed E-state index contributed by atoms with van der Waals surface area (Å²) in [5.74, 6) is -1.49. The monoisotopic (exact) mass is 514 g/mol. The summed E-state index contributed by atoms with van der Waals surface area (Å²) in [7, 11) is 0. The van der Waals surface area contributed by atoms with Crippen LogP contribution in [0.1, 0.15) is 46.5 Å². The SMILES string of the molecule is Cc1ccc(NC(=O)c2coc3c(F)c(C(=N)c4c(N)ncnc4NC(C)C)ccc23)cc1C(F)(F)F. The fourth-order valence-electron chi connectivity index (χ4n) is 3.80. The first kappa shape index (κ1) is 25.6. The lowest BCUT2D eigenvalue weighted by atomic mass is 10.00. The first-order valence-corrected chi connectivity index (χ1v) is 11.0. The number of hydrogen-bond donors (Lipinski definition) is 4. The van der Waals surface area contributed by atoms with Crippen molar-refractivity contribution in [2.75, 3.05) is 16.4 Å². The summed E-state index contributed by atoms with van der Waals surface area (Å²) in [5, 5.41) is 14.1. The number of halogens is 4. The van der Waals surface area contributed by atoms with E-state index in [-0.39, 0.29) is 62.3 Å². The normalized spacial score (nSPS) is 11.7. The topological polar surface area (TPSA) is 130 Å². The third kappa shape index (κ3) is 4.95. The highest BCUT2D eigenvalue weighted by Gasteiger charge is 2.32. The molecule has 2 heterocycles. The van der Waals surface area contributed by atoms with Gasteiger partial charge in [0.25, 0.3) is 5.91 Å². The Labute approximate surface area is 208 Å². The Morgan fingerprint density at radius 3 is 2.54 bits per heavy atom. The maximum absolute atomic E-state index is 15.5. The summed E-state index contributed by atoms with van der Waals surface area (Å²) >= 11 is 0. The number of furan rings is 1. The minimum atomic E-state index is -4.59. The number of fused-ring (bicyclic) bond motifs is 1. The second kappa shape index (κ2) is 9.52. The van der Waals surface area contributed by atoms with Gasteiger partial charge in [-0.25, -0.2) is 14.4 Å². The van der Waals surface area contributed by atoms with Gasteiger partial charge in [-0.1, -0.05) is 6.07 Å². The van der Waals surface area contributed by atoms with Gasteiger partial charge in [-0.05, 0) is 50.6 Å². The molecule has 0 fully saturated rings. The second-order valence-corrected chi connectivity index (χ2v) is 8.59. The van der Waals surface area contributed by atoms with Gasteiger partial charge < -0.3 is 20.8 Å². The Bertz CT molecular complexity index is 1530. The molecule has 0 atom stereocenters. The Hall–Kier alpha value is -4.48. The Balaban J connectivity index is 1.68. The number of nitrogens with two attached hydrogens (primary N) is 1.